The molecule has 0 aliphatic heterocycles. The minimum atomic E-state index is -0.295. The lowest BCUT2D eigenvalue weighted by Crippen LogP contribution is -2.28. The summed E-state index contributed by atoms with van der Waals surface area (Å²) >= 11 is 0. The summed E-state index contributed by atoms with van der Waals surface area (Å²) in [5, 5.41) is 5.52. The van der Waals surface area contributed by atoms with Gasteiger partial charge in [-0.15, -0.1) is 0 Å². The molecule has 0 aliphatic rings. The van der Waals surface area contributed by atoms with Crippen molar-refractivity contribution in [3.63, 3.8) is 0 Å². The fraction of sp³-hybridized carbons (Fsp3) is 0.250. The lowest BCUT2D eigenvalue weighted by atomic mass is 10.2. The van der Waals surface area contributed by atoms with E-state index in [4.69, 9.17) is 9.47 Å². The van der Waals surface area contributed by atoms with Crippen LogP contribution < -0.4 is 20.1 Å². The zero-order chi connectivity index (χ0) is 15.8. The predicted molar refractivity (Wildman–Crippen MR) is 84.3 cm³/mol. The van der Waals surface area contributed by atoms with Crippen molar-refractivity contribution in [3.05, 3.63) is 48.3 Å². The van der Waals surface area contributed by atoms with Crippen LogP contribution in [-0.2, 0) is 6.54 Å². The highest BCUT2D eigenvalue weighted by Gasteiger charge is 2.07. The number of hydrogen-bond acceptors (Lipinski definition) is 4. The molecule has 2 N–H and O–H groups in total. The summed E-state index contributed by atoms with van der Waals surface area (Å²) in [6, 6.07) is 8.66. The first kappa shape index (κ1) is 15.6. The fourth-order valence-corrected chi connectivity index (χ4v) is 1.88. The van der Waals surface area contributed by atoms with E-state index in [0.717, 1.165) is 5.56 Å². The van der Waals surface area contributed by atoms with Crippen LogP contribution in [0.15, 0.2) is 42.7 Å². The zero-order valence-electron chi connectivity index (χ0n) is 12.6. The molecule has 0 saturated carbocycles. The maximum Gasteiger partial charge on any atom is 0.319 e. The topological polar surface area (TPSA) is 72.5 Å². The Morgan fingerprint density at radius 2 is 2.14 bits per heavy atom. The standard InChI is InChI=1S/C16H19N3O3/c1-3-22-15-9-13(6-7-14(15)21-2)19-16(20)18-11-12-5-4-8-17-10-12/h4-10H,3,11H2,1-2H3,(H2,18,19,20). The second-order valence-electron chi connectivity index (χ2n) is 4.47. The van der Waals surface area contributed by atoms with E-state index < -0.39 is 0 Å². The number of ether oxygens (including phenoxy) is 2. The van der Waals surface area contributed by atoms with Crippen molar-refractivity contribution in [2.24, 2.45) is 0 Å². The second kappa shape index (κ2) is 7.87. The first-order chi connectivity index (χ1) is 10.7. The third-order valence-electron chi connectivity index (χ3n) is 2.90. The summed E-state index contributed by atoms with van der Waals surface area (Å²) in [5.41, 5.74) is 1.57. The van der Waals surface area contributed by atoms with Gasteiger partial charge in [0.25, 0.3) is 0 Å². The molecule has 1 aromatic heterocycles. The van der Waals surface area contributed by atoms with Gasteiger partial charge in [-0.05, 0) is 30.7 Å². The van der Waals surface area contributed by atoms with Gasteiger partial charge in [-0.2, -0.15) is 0 Å². The number of anilines is 1. The Bertz CT molecular complexity index is 617. The van der Waals surface area contributed by atoms with Crippen LogP contribution in [0.25, 0.3) is 0 Å². The van der Waals surface area contributed by atoms with Gasteiger partial charge in [0.1, 0.15) is 0 Å². The van der Waals surface area contributed by atoms with Crippen LogP contribution in [0.4, 0.5) is 10.5 Å². The normalized spacial score (nSPS) is 9.91. The van der Waals surface area contributed by atoms with Gasteiger partial charge in [-0.3, -0.25) is 4.98 Å². The highest BCUT2D eigenvalue weighted by atomic mass is 16.5. The molecule has 0 atom stereocenters. The predicted octanol–water partition coefficient (Wildman–Crippen LogP) is 2.81. The molecule has 0 spiro atoms. The number of methoxy groups -OCH3 is 1. The Kier molecular flexibility index (Phi) is 5.59. The minimum Gasteiger partial charge on any atom is -0.493 e. The molecule has 1 aromatic carbocycles. The number of amides is 2. The Morgan fingerprint density at radius 3 is 2.82 bits per heavy atom. The quantitative estimate of drug-likeness (QED) is 0.860. The number of urea groups is 1. The van der Waals surface area contributed by atoms with E-state index >= 15 is 0 Å². The van der Waals surface area contributed by atoms with Crippen LogP contribution in [0, 0.1) is 0 Å². The summed E-state index contributed by atoms with van der Waals surface area (Å²) in [6.45, 7) is 2.82. The Balaban J connectivity index is 1.95. The maximum atomic E-state index is 11.9. The molecule has 6 nitrogen and oxygen atoms in total. The van der Waals surface area contributed by atoms with Gasteiger partial charge in [0.05, 0.1) is 13.7 Å². The molecule has 0 aliphatic carbocycles. The molecule has 0 fully saturated rings. The largest absolute Gasteiger partial charge is 0.493 e. The number of pyridine rings is 1. The lowest BCUT2D eigenvalue weighted by molar-refractivity contribution is 0.251. The Morgan fingerprint density at radius 1 is 1.27 bits per heavy atom. The summed E-state index contributed by atoms with van der Waals surface area (Å²) in [7, 11) is 1.57. The molecule has 2 rings (SSSR count). The molecule has 0 unspecified atom stereocenters. The first-order valence-corrected chi connectivity index (χ1v) is 6.97. The molecule has 2 aromatic rings. The number of carbonyl (C=O) groups is 1. The van der Waals surface area contributed by atoms with Gasteiger partial charge >= 0.3 is 6.03 Å². The Labute approximate surface area is 129 Å². The molecular weight excluding hydrogens is 282 g/mol. The van der Waals surface area contributed by atoms with Crippen molar-refractivity contribution in [2.75, 3.05) is 19.0 Å². The number of hydrogen-bond donors (Lipinski definition) is 2. The maximum absolute atomic E-state index is 11.9. The van der Waals surface area contributed by atoms with Crippen molar-refractivity contribution in [1.29, 1.82) is 0 Å². The molecule has 0 radical (unpaired) electrons. The number of rotatable bonds is 6. The van der Waals surface area contributed by atoms with Crippen LogP contribution in [0.3, 0.4) is 0 Å². The van der Waals surface area contributed by atoms with E-state index in [-0.39, 0.29) is 6.03 Å². The Hall–Kier alpha value is -2.76. The van der Waals surface area contributed by atoms with Crippen molar-refractivity contribution in [3.8, 4) is 11.5 Å². The van der Waals surface area contributed by atoms with E-state index in [1.807, 2.05) is 19.1 Å². The van der Waals surface area contributed by atoms with Gasteiger partial charge in [-0.1, -0.05) is 6.07 Å². The third kappa shape index (κ3) is 4.37. The molecule has 0 saturated heterocycles. The molecule has 2 amide bonds. The molecule has 116 valence electrons. The second-order valence-corrected chi connectivity index (χ2v) is 4.47. The van der Waals surface area contributed by atoms with Crippen molar-refractivity contribution in [2.45, 2.75) is 13.5 Å². The third-order valence-corrected chi connectivity index (χ3v) is 2.90. The number of nitrogens with one attached hydrogen (secondary N) is 2. The smallest absolute Gasteiger partial charge is 0.319 e. The van der Waals surface area contributed by atoms with Crippen molar-refractivity contribution < 1.29 is 14.3 Å². The molecule has 6 heteroatoms. The van der Waals surface area contributed by atoms with Crippen LogP contribution in [0.2, 0.25) is 0 Å². The number of carbonyl (C=O) groups excluding carboxylic acids is 1. The molecule has 1 heterocycles. The summed E-state index contributed by atoms with van der Waals surface area (Å²) in [5.74, 6) is 1.22. The molecule has 22 heavy (non-hydrogen) atoms. The van der Waals surface area contributed by atoms with Crippen molar-refractivity contribution in [1.82, 2.24) is 10.3 Å². The molecular formula is C16H19N3O3. The van der Waals surface area contributed by atoms with E-state index in [1.165, 1.54) is 0 Å². The van der Waals surface area contributed by atoms with Crippen LogP contribution in [0.5, 0.6) is 11.5 Å². The van der Waals surface area contributed by atoms with Crippen molar-refractivity contribution >= 4 is 11.7 Å². The van der Waals surface area contributed by atoms with E-state index in [1.54, 1.807) is 37.7 Å². The zero-order valence-corrected chi connectivity index (χ0v) is 12.6. The number of benzene rings is 1. The van der Waals surface area contributed by atoms with Gasteiger partial charge in [0.2, 0.25) is 0 Å². The summed E-state index contributed by atoms with van der Waals surface area (Å²) < 4.78 is 10.7. The van der Waals surface area contributed by atoms with Gasteiger partial charge < -0.3 is 20.1 Å². The lowest BCUT2D eigenvalue weighted by Gasteiger charge is -2.12. The highest BCUT2D eigenvalue weighted by molar-refractivity contribution is 5.89. The SMILES string of the molecule is CCOc1cc(NC(=O)NCc2cccnc2)ccc1OC. The summed E-state index contributed by atoms with van der Waals surface area (Å²) in [6.07, 6.45) is 3.40. The average Bonchev–Trinajstić information content (AvgIpc) is 2.55. The monoisotopic (exact) mass is 301 g/mol. The number of aromatic nitrogens is 1. The van der Waals surface area contributed by atoms with Crippen LogP contribution in [0.1, 0.15) is 12.5 Å². The van der Waals surface area contributed by atoms with Gasteiger partial charge in [0.15, 0.2) is 11.5 Å². The highest BCUT2D eigenvalue weighted by Crippen LogP contribution is 2.30. The van der Waals surface area contributed by atoms with Gasteiger partial charge in [0, 0.05) is 30.7 Å². The summed E-state index contributed by atoms with van der Waals surface area (Å²) in [4.78, 5) is 15.9. The van der Waals surface area contributed by atoms with E-state index in [0.29, 0.717) is 30.3 Å². The van der Waals surface area contributed by atoms with E-state index in [2.05, 4.69) is 15.6 Å². The average molecular weight is 301 g/mol. The first-order valence-electron chi connectivity index (χ1n) is 6.97. The number of nitrogens with zero attached hydrogens (tertiary/aromatic N) is 1. The van der Waals surface area contributed by atoms with Crippen LogP contribution >= 0.6 is 0 Å². The van der Waals surface area contributed by atoms with Gasteiger partial charge in [-0.25, -0.2) is 4.79 Å². The molecule has 0 bridgehead atoms. The van der Waals surface area contributed by atoms with Crippen LogP contribution in [-0.4, -0.2) is 24.7 Å². The van der Waals surface area contributed by atoms with E-state index in [9.17, 15) is 4.79 Å². The fourth-order valence-electron chi connectivity index (χ4n) is 1.88. The minimum absolute atomic E-state index is 0.295.